The molecule has 0 aromatic heterocycles. The highest BCUT2D eigenvalue weighted by Gasteiger charge is 2.36. The number of hydrogen-bond donors (Lipinski definition) is 1. The Labute approximate surface area is 148 Å². The molecule has 25 heavy (non-hydrogen) atoms. The lowest BCUT2D eigenvalue weighted by Gasteiger charge is -2.32. The van der Waals surface area contributed by atoms with Gasteiger partial charge in [-0.05, 0) is 47.6 Å². The van der Waals surface area contributed by atoms with Crippen LogP contribution in [0.3, 0.4) is 0 Å². The molecule has 3 nitrogen and oxygen atoms in total. The quantitative estimate of drug-likeness (QED) is 0.865. The van der Waals surface area contributed by atoms with Gasteiger partial charge in [-0.25, -0.2) is 4.39 Å². The molecule has 0 aliphatic carbocycles. The normalized spacial score (nSPS) is 19.3. The topological polar surface area (TPSA) is 40.5 Å². The van der Waals surface area contributed by atoms with Crippen molar-refractivity contribution in [1.29, 1.82) is 0 Å². The van der Waals surface area contributed by atoms with Crippen molar-refractivity contribution < 1.29 is 14.3 Å². The summed E-state index contributed by atoms with van der Waals surface area (Å²) >= 11 is 0. The van der Waals surface area contributed by atoms with E-state index in [-0.39, 0.29) is 11.9 Å². The number of rotatable bonds is 5. The van der Waals surface area contributed by atoms with Crippen molar-refractivity contribution in [2.75, 3.05) is 6.54 Å². The minimum Gasteiger partial charge on any atom is -0.480 e. The molecule has 0 saturated carbocycles. The van der Waals surface area contributed by atoms with E-state index in [1.54, 1.807) is 6.07 Å². The average Bonchev–Trinajstić information content (AvgIpc) is 3.05. The summed E-state index contributed by atoms with van der Waals surface area (Å²) < 4.78 is 13.8. The van der Waals surface area contributed by atoms with Crippen LogP contribution in [0.5, 0.6) is 0 Å². The summed E-state index contributed by atoms with van der Waals surface area (Å²) in [4.78, 5) is 13.7. The fourth-order valence-electron chi connectivity index (χ4n) is 3.68. The van der Waals surface area contributed by atoms with Gasteiger partial charge in [0, 0.05) is 6.54 Å². The molecule has 1 N–H and O–H groups in total. The van der Waals surface area contributed by atoms with Crippen LogP contribution in [0.15, 0.2) is 48.5 Å². The molecule has 1 saturated heterocycles. The van der Waals surface area contributed by atoms with Crippen molar-refractivity contribution in [1.82, 2.24) is 4.90 Å². The van der Waals surface area contributed by atoms with E-state index in [0.717, 1.165) is 17.5 Å². The minimum atomic E-state index is -0.808. The maximum atomic E-state index is 13.8. The number of nitrogens with zero attached hydrogens (tertiary/aromatic N) is 1. The Morgan fingerprint density at radius 2 is 1.80 bits per heavy atom. The average molecular weight is 341 g/mol. The number of aliphatic carboxylic acids is 1. The second-order valence-corrected chi connectivity index (χ2v) is 7.01. The van der Waals surface area contributed by atoms with Crippen LogP contribution in [0.2, 0.25) is 0 Å². The highest BCUT2D eigenvalue weighted by atomic mass is 19.1. The van der Waals surface area contributed by atoms with Crippen molar-refractivity contribution in [2.45, 2.75) is 44.7 Å². The molecule has 2 aromatic carbocycles. The number of benzene rings is 2. The van der Waals surface area contributed by atoms with Crippen LogP contribution >= 0.6 is 0 Å². The fraction of sp³-hybridized carbons (Fsp3) is 0.381. The molecular weight excluding hydrogens is 317 g/mol. The molecule has 0 bridgehead atoms. The lowest BCUT2D eigenvalue weighted by molar-refractivity contribution is -0.142. The summed E-state index contributed by atoms with van der Waals surface area (Å²) in [5.74, 6) is -0.676. The van der Waals surface area contributed by atoms with Gasteiger partial charge < -0.3 is 5.11 Å². The predicted molar refractivity (Wildman–Crippen MR) is 96.1 cm³/mol. The van der Waals surface area contributed by atoms with Crippen molar-refractivity contribution in [3.63, 3.8) is 0 Å². The fourth-order valence-corrected chi connectivity index (χ4v) is 3.68. The summed E-state index contributed by atoms with van der Waals surface area (Å²) in [6.45, 7) is 4.98. The van der Waals surface area contributed by atoms with Gasteiger partial charge in [-0.3, -0.25) is 9.69 Å². The smallest absolute Gasteiger partial charge is 0.320 e. The van der Waals surface area contributed by atoms with Crippen LogP contribution in [-0.4, -0.2) is 28.6 Å². The van der Waals surface area contributed by atoms with Gasteiger partial charge in [0.05, 0.1) is 6.04 Å². The van der Waals surface area contributed by atoms with Gasteiger partial charge in [0.25, 0.3) is 0 Å². The van der Waals surface area contributed by atoms with E-state index in [2.05, 4.69) is 26.0 Å². The van der Waals surface area contributed by atoms with E-state index in [1.807, 2.05) is 23.1 Å². The molecule has 3 rings (SSSR count). The molecular formula is C21H24FNO2. The standard InChI is InChI=1S/C21H24FNO2/c1-14(2)15-8-10-16(11-9-15)20(17-5-3-6-18(22)13-17)23-12-4-7-19(23)21(24)25/h3,5-6,8-11,13-14,19-20H,4,7,12H2,1-2H3,(H,24,25). The summed E-state index contributed by atoms with van der Waals surface area (Å²) in [5, 5.41) is 9.58. The summed E-state index contributed by atoms with van der Waals surface area (Å²) in [5.41, 5.74) is 3.03. The molecule has 0 amide bonds. The van der Waals surface area contributed by atoms with E-state index >= 15 is 0 Å². The van der Waals surface area contributed by atoms with Crippen LogP contribution in [0.1, 0.15) is 55.3 Å². The highest BCUT2D eigenvalue weighted by molar-refractivity contribution is 5.74. The number of hydrogen-bond acceptors (Lipinski definition) is 2. The zero-order chi connectivity index (χ0) is 18.0. The number of likely N-dealkylation sites (tertiary alicyclic amines) is 1. The largest absolute Gasteiger partial charge is 0.480 e. The molecule has 0 spiro atoms. The molecule has 0 radical (unpaired) electrons. The Morgan fingerprint density at radius 1 is 1.12 bits per heavy atom. The Balaban J connectivity index is 2.04. The molecule has 2 aromatic rings. The van der Waals surface area contributed by atoms with Crippen molar-refractivity contribution >= 4 is 5.97 Å². The first-order valence-corrected chi connectivity index (χ1v) is 8.81. The molecule has 1 aliphatic rings. The third kappa shape index (κ3) is 3.74. The molecule has 1 fully saturated rings. The van der Waals surface area contributed by atoms with Gasteiger partial charge in [0.15, 0.2) is 0 Å². The molecule has 132 valence electrons. The van der Waals surface area contributed by atoms with E-state index in [4.69, 9.17) is 0 Å². The number of carbonyl (C=O) groups is 1. The van der Waals surface area contributed by atoms with E-state index in [1.165, 1.54) is 17.7 Å². The number of carboxylic acids is 1. The third-order valence-electron chi connectivity index (χ3n) is 4.99. The number of carboxylic acid groups (broad SMARTS) is 1. The van der Waals surface area contributed by atoms with Crippen LogP contribution in [0.25, 0.3) is 0 Å². The molecule has 4 heteroatoms. The van der Waals surface area contributed by atoms with Gasteiger partial charge in [-0.1, -0.05) is 50.2 Å². The highest BCUT2D eigenvalue weighted by Crippen LogP contribution is 2.35. The Morgan fingerprint density at radius 3 is 2.40 bits per heavy atom. The molecule has 1 aliphatic heterocycles. The van der Waals surface area contributed by atoms with Gasteiger partial charge >= 0.3 is 5.97 Å². The lowest BCUT2D eigenvalue weighted by atomic mass is 9.93. The predicted octanol–water partition coefficient (Wildman–Crippen LogP) is 4.59. The van der Waals surface area contributed by atoms with Crippen LogP contribution in [-0.2, 0) is 4.79 Å². The van der Waals surface area contributed by atoms with Gasteiger partial charge in [-0.2, -0.15) is 0 Å². The van der Waals surface area contributed by atoms with E-state index in [9.17, 15) is 14.3 Å². The lowest BCUT2D eigenvalue weighted by Crippen LogP contribution is -2.39. The van der Waals surface area contributed by atoms with Crippen molar-refractivity contribution in [2.24, 2.45) is 0 Å². The second-order valence-electron chi connectivity index (χ2n) is 7.01. The summed E-state index contributed by atoms with van der Waals surface area (Å²) in [7, 11) is 0. The molecule has 1 heterocycles. The van der Waals surface area contributed by atoms with E-state index in [0.29, 0.717) is 18.9 Å². The first kappa shape index (κ1) is 17.6. The van der Waals surface area contributed by atoms with Crippen molar-refractivity contribution in [3.8, 4) is 0 Å². The van der Waals surface area contributed by atoms with Crippen molar-refractivity contribution in [3.05, 3.63) is 71.0 Å². The Kier molecular flexibility index (Phi) is 5.19. The number of halogens is 1. The SMILES string of the molecule is CC(C)c1ccc(C(c2cccc(F)c2)N2CCCC2C(=O)O)cc1. The zero-order valence-corrected chi connectivity index (χ0v) is 14.7. The Bertz CT molecular complexity index is 742. The molecule has 2 atom stereocenters. The first-order valence-electron chi connectivity index (χ1n) is 8.81. The van der Waals surface area contributed by atoms with Gasteiger partial charge in [-0.15, -0.1) is 0 Å². The second kappa shape index (κ2) is 7.36. The van der Waals surface area contributed by atoms with Crippen LogP contribution in [0, 0.1) is 5.82 Å². The first-order chi connectivity index (χ1) is 12.0. The third-order valence-corrected chi connectivity index (χ3v) is 4.99. The molecule has 2 unspecified atom stereocenters. The zero-order valence-electron chi connectivity index (χ0n) is 14.7. The maximum Gasteiger partial charge on any atom is 0.320 e. The maximum absolute atomic E-state index is 13.8. The van der Waals surface area contributed by atoms with Gasteiger partial charge in [0.2, 0.25) is 0 Å². The van der Waals surface area contributed by atoms with Gasteiger partial charge in [0.1, 0.15) is 11.9 Å². The van der Waals surface area contributed by atoms with Crippen LogP contribution in [0.4, 0.5) is 4.39 Å². The summed E-state index contributed by atoms with van der Waals surface area (Å²) in [6, 6.07) is 14.0. The van der Waals surface area contributed by atoms with E-state index < -0.39 is 12.0 Å². The Hall–Kier alpha value is -2.20. The minimum absolute atomic E-state index is 0.250. The summed E-state index contributed by atoms with van der Waals surface area (Å²) in [6.07, 6.45) is 1.47. The monoisotopic (exact) mass is 341 g/mol. The van der Waals surface area contributed by atoms with Crippen LogP contribution < -0.4 is 0 Å².